The van der Waals surface area contributed by atoms with Gasteiger partial charge in [-0.25, -0.2) is 14.8 Å². The number of anilines is 5. The Hall–Kier alpha value is -5.09. The average molecular weight is 854 g/mol. The molecule has 2 aromatic heterocycles. The first-order valence-corrected chi connectivity index (χ1v) is 19.2. The number of nitrogens with zero attached hydrogens (tertiary/aromatic N) is 5. The normalized spacial score (nSPS) is 17.4. The molecule has 6 heterocycles. The lowest BCUT2D eigenvalue weighted by molar-refractivity contribution is -0.138. The molecular weight excluding hydrogens is 809 g/mol. The van der Waals surface area contributed by atoms with Crippen molar-refractivity contribution in [2.24, 2.45) is 0 Å². The van der Waals surface area contributed by atoms with Gasteiger partial charge in [-0.05, 0) is 85.3 Å². The molecule has 4 bridgehead atoms. The molecule has 5 aromatic rings. The number of aromatic nitrogens is 2. The van der Waals surface area contributed by atoms with Crippen molar-refractivity contribution in [3.8, 4) is 22.5 Å². The Labute approximate surface area is 352 Å². The third-order valence-corrected chi connectivity index (χ3v) is 11.1. The van der Waals surface area contributed by atoms with Gasteiger partial charge < -0.3 is 20.4 Å². The summed E-state index contributed by atoms with van der Waals surface area (Å²) in [5.41, 5.74) is 5.23. The molecule has 59 heavy (non-hydrogen) atoms. The first-order valence-electron chi connectivity index (χ1n) is 19.2. The molecule has 2 saturated heterocycles. The van der Waals surface area contributed by atoms with Crippen LogP contribution in [0.1, 0.15) is 48.9 Å². The summed E-state index contributed by atoms with van der Waals surface area (Å²) in [6.45, 7) is 7.59. The van der Waals surface area contributed by atoms with E-state index in [1.54, 1.807) is 29.2 Å². The number of pyridine rings is 2. The molecule has 4 aliphatic rings. The number of nitrogens with one attached hydrogen (secondary N) is 2. The summed E-state index contributed by atoms with van der Waals surface area (Å²) in [7, 11) is 0. The molecule has 4 aliphatic heterocycles. The number of alkyl halides is 6. The fraction of sp³-hybridized carbons (Fsp3) is 0.326. The highest BCUT2D eigenvalue weighted by molar-refractivity contribution is 7.59. The van der Waals surface area contributed by atoms with Gasteiger partial charge in [0, 0.05) is 49.0 Å². The minimum Gasteiger partial charge on any atom is -0.366 e. The molecule has 2 N–H and O–H groups in total. The van der Waals surface area contributed by atoms with E-state index in [2.05, 4.69) is 39.3 Å². The number of carbonyl (C=O) groups is 1. The van der Waals surface area contributed by atoms with Gasteiger partial charge in [-0.15, -0.1) is 0 Å². The Morgan fingerprint density at radius 1 is 0.712 bits per heavy atom. The van der Waals surface area contributed by atoms with E-state index >= 15 is 0 Å². The second-order valence-electron chi connectivity index (χ2n) is 14.7. The molecule has 0 saturated carbocycles. The fourth-order valence-electron chi connectivity index (χ4n) is 8.18. The van der Waals surface area contributed by atoms with E-state index in [4.69, 9.17) is 4.98 Å². The summed E-state index contributed by atoms with van der Waals surface area (Å²) >= 11 is 0. The van der Waals surface area contributed by atoms with Crippen LogP contribution in [-0.4, -0.2) is 54.3 Å². The zero-order chi connectivity index (χ0) is 40.1. The number of hydrogen-bond acceptors (Lipinski definition) is 6. The summed E-state index contributed by atoms with van der Waals surface area (Å²) in [6, 6.07) is 23.8. The monoisotopic (exact) mass is 853 g/mol. The lowest BCUT2D eigenvalue weighted by atomic mass is 10.0. The van der Waals surface area contributed by atoms with Gasteiger partial charge in [0.05, 0.1) is 39.9 Å². The number of fused-ring (bicyclic) bond motifs is 8. The van der Waals surface area contributed by atoms with Crippen molar-refractivity contribution in [3.63, 3.8) is 0 Å². The van der Waals surface area contributed by atoms with Gasteiger partial charge in [0.15, 0.2) is 11.6 Å². The van der Waals surface area contributed by atoms with Gasteiger partial charge in [-0.1, -0.05) is 56.3 Å². The Morgan fingerprint density at radius 3 is 1.85 bits per heavy atom. The standard InChI is InChI=1S/C27H27F3N4O.C16H14F3N3.2H2S/c1-3-17-7-5-8-18(4-2)24(17)32-26(35)34-21-13-14-33(16-21)23-12-11-22(31-25(23)34)19-9-6-10-20(15-19)27(28,29)30;17-16(18,19)11-3-1-2-10(8-11)13-4-5-14-15(21-13)20-12-6-7-22(14)9-12;;/h5-12,15,21H,3-4,13-14,16H2,1-2H3,(H,32,35);1-5,8,12H,6-7,9H2,(H,20,21);2*1H2/t21-;12-;;/m00../s1. The average Bonchev–Trinajstić information content (AvgIpc) is 3.81. The van der Waals surface area contributed by atoms with Crippen LogP contribution in [0, 0.1) is 0 Å². The van der Waals surface area contributed by atoms with Crippen LogP contribution in [0.5, 0.6) is 0 Å². The molecule has 9 rings (SSSR count). The van der Waals surface area contributed by atoms with Crippen molar-refractivity contribution in [1.29, 1.82) is 0 Å². The number of rotatable bonds is 5. The van der Waals surface area contributed by atoms with Crippen LogP contribution in [0.3, 0.4) is 0 Å². The van der Waals surface area contributed by atoms with E-state index in [-0.39, 0.29) is 39.1 Å². The largest absolute Gasteiger partial charge is 0.416 e. The molecule has 0 unspecified atom stereocenters. The summed E-state index contributed by atoms with van der Waals surface area (Å²) in [4.78, 5) is 29.1. The van der Waals surface area contributed by atoms with E-state index < -0.39 is 23.5 Å². The molecule has 2 amide bonds. The number of aryl methyl sites for hydroxylation is 2. The van der Waals surface area contributed by atoms with Gasteiger partial charge in [0.25, 0.3) is 0 Å². The topological polar surface area (TPSA) is 76.6 Å². The number of benzene rings is 3. The number of amides is 2. The second-order valence-corrected chi connectivity index (χ2v) is 14.7. The van der Waals surface area contributed by atoms with Crippen LogP contribution in [0.15, 0.2) is 91.0 Å². The van der Waals surface area contributed by atoms with Gasteiger partial charge in [0.1, 0.15) is 0 Å². The number of carbonyl (C=O) groups excluding carboxylic acids is 1. The quantitative estimate of drug-likeness (QED) is 0.172. The van der Waals surface area contributed by atoms with Crippen LogP contribution in [-0.2, 0) is 25.2 Å². The minimum absolute atomic E-state index is 0. The van der Waals surface area contributed by atoms with Crippen LogP contribution >= 0.6 is 27.0 Å². The first kappa shape index (κ1) is 43.5. The van der Waals surface area contributed by atoms with Crippen molar-refractivity contribution in [1.82, 2.24) is 9.97 Å². The molecule has 2 atom stereocenters. The predicted octanol–water partition coefficient (Wildman–Crippen LogP) is 10.5. The Morgan fingerprint density at radius 2 is 1.25 bits per heavy atom. The van der Waals surface area contributed by atoms with E-state index in [1.807, 2.05) is 30.3 Å². The lowest BCUT2D eigenvalue weighted by Gasteiger charge is -2.36. The summed E-state index contributed by atoms with van der Waals surface area (Å²) in [6.07, 6.45) is -5.34. The minimum atomic E-state index is -4.44. The van der Waals surface area contributed by atoms with E-state index in [0.29, 0.717) is 40.9 Å². The predicted molar refractivity (Wildman–Crippen MR) is 232 cm³/mol. The van der Waals surface area contributed by atoms with Crippen LogP contribution in [0.25, 0.3) is 22.5 Å². The van der Waals surface area contributed by atoms with Crippen LogP contribution in [0.4, 0.5) is 59.8 Å². The summed E-state index contributed by atoms with van der Waals surface area (Å²) in [5, 5.41) is 6.51. The second kappa shape index (κ2) is 17.3. The van der Waals surface area contributed by atoms with Crippen LogP contribution in [0.2, 0.25) is 0 Å². The van der Waals surface area contributed by atoms with Crippen molar-refractivity contribution in [2.45, 2.75) is 64.0 Å². The molecule has 2 fully saturated rings. The van der Waals surface area contributed by atoms with Crippen molar-refractivity contribution in [2.75, 3.05) is 51.5 Å². The van der Waals surface area contributed by atoms with Gasteiger partial charge in [-0.3, -0.25) is 4.90 Å². The van der Waals surface area contributed by atoms with Crippen LogP contribution < -0.4 is 25.3 Å². The number of para-hydroxylation sites is 1. The molecule has 0 aliphatic carbocycles. The third-order valence-electron chi connectivity index (χ3n) is 11.1. The summed E-state index contributed by atoms with van der Waals surface area (Å²) in [5.74, 6) is 1.25. The Balaban J connectivity index is 0.000000210. The number of urea groups is 1. The fourth-order valence-corrected chi connectivity index (χ4v) is 8.18. The zero-order valence-corrected chi connectivity index (χ0v) is 34.4. The Kier molecular flexibility index (Phi) is 12.7. The van der Waals surface area contributed by atoms with Crippen molar-refractivity contribution in [3.05, 3.63) is 113 Å². The van der Waals surface area contributed by atoms with Crippen molar-refractivity contribution < 1.29 is 31.1 Å². The first-order chi connectivity index (χ1) is 27.3. The number of halogens is 6. The maximum Gasteiger partial charge on any atom is 0.416 e. The van der Waals surface area contributed by atoms with E-state index in [1.165, 1.54) is 12.1 Å². The third kappa shape index (κ3) is 8.79. The zero-order valence-electron chi connectivity index (χ0n) is 32.4. The van der Waals surface area contributed by atoms with Gasteiger partial charge >= 0.3 is 18.4 Å². The molecular formula is C43H45F6N7OS2. The molecule has 0 radical (unpaired) electrons. The molecule has 3 aromatic carbocycles. The highest BCUT2D eigenvalue weighted by Gasteiger charge is 2.41. The van der Waals surface area contributed by atoms with Gasteiger partial charge in [-0.2, -0.15) is 53.3 Å². The maximum atomic E-state index is 13.7. The van der Waals surface area contributed by atoms with Gasteiger partial charge in [0.2, 0.25) is 0 Å². The smallest absolute Gasteiger partial charge is 0.366 e. The molecule has 16 heteroatoms. The highest BCUT2D eigenvalue weighted by Crippen LogP contribution is 2.42. The lowest BCUT2D eigenvalue weighted by Crippen LogP contribution is -2.48. The molecule has 8 nitrogen and oxygen atoms in total. The maximum absolute atomic E-state index is 13.7. The number of hydrogen-bond donors (Lipinski definition) is 2. The van der Waals surface area contributed by atoms with Crippen molar-refractivity contribution >= 4 is 61.7 Å². The highest BCUT2D eigenvalue weighted by atomic mass is 32.1. The Bertz CT molecular complexity index is 2300. The van der Waals surface area contributed by atoms with E-state index in [9.17, 15) is 31.1 Å². The summed E-state index contributed by atoms with van der Waals surface area (Å²) < 4.78 is 78.3. The molecule has 0 spiro atoms. The van der Waals surface area contributed by atoms with E-state index in [0.717, 1.165) is 104 Å². The molecule has 312 valence electrons. The SMILES string of the molecule is CCc1cccc(CC)c1NC(=O)N1c2nc(-c3cccc(C(F)(F)F)c3)ccc2N2CC[C@H]1C2.FC(F)(F)c1cccc(-c2ccc3c(n2)N[C@H]2CCN3C2)c1.S.S.